The Kier molecular flexibility index (Phi) is 6.64. The summed E-state index contributed by atoms with van der Waals surface area (Å²) in [7, 11) is -3.97. The van der Waals surface area contributed by atoms with Gasteiger partial charge in [0, 0.05) is 16.3 Å². The van der Waals surface area contributed by atoms with Crippen LogP contribution in [0.5, 0.6) is 0 Å². The fourth-order valence-electron chi connectivity index (χ4n) is 2.50. The number of halogens is 1. The van der Waals surface area contributed by atoms with Crippen molar-refractivity contribution in [2.75, 3.05) is 5.32 Å². The predicted molar refractivity (Wildman–Crippen MR) is 122 cm³/mol. The van der Waals surface area contributed by atoms with Crippen LogP contribution in [0, 0.1) is 6.92 Å². The molecule has 0 aromatic heterocycles. The van der Waals surface area contributed by atoms with E-state index in [0.717, 1.165) is 11.3 Å². The van der Waals surface area contributed by atoms with E-state index in [-0.39, 0.29) is 15.8 Å². The van der Waals surface area contributed by atoms with E-state index in [0.29, 0.717) is 10.6 Å². The topological polar surface area (TPSA) is 70.6 Å². The number of thiocarbonyl (C=S) groups is 1. The molecule has 0 unspecified atom stereocenters. The molecule has 0 aliphatic heterocycles. The lowest BCUT2D eigenvalue weighted by Crippen LogP contribution is -2.35. The summed E-state index contributed by atoms with van der Waals surface area (Å²) >= 11 is 11.2. The summed E-state index contributed by atoms with van der Waals surface area (Å²) in [5.74, 6) is 0.117. The number of nitrogens with zero attached hydrogens (tertiary/aromatic N) is 1. The summed E-state index contributed by atoms with van der Waals surface area (Å²) in [6.45, 7) is 1.95. The SMILES string of the molecule is Cc1ccccc1NC(=S)N/C(=N\S(=O)(=O)c1ccc(Cl)cc1)c1ccccc1. The molecule has 0 heterocycles. The average molecular weight is 444 g/mol. The van der Waals surface area contributed by atoms with Crippen LogP contribution in [0.25, 0.3) is 0 Å². The first-order valence-electron chi connectivity index (χ1n) is 8.65. The summed E-state index contributed by atoms with van der Waals surface area (Å²) in [5.41, 5.74) is 2.40. The maximum Gasteiger partial charge on any atom is 0.284 e. The molecule has 0 bridgehead atoms. The van der Waals surface area contributed by atoms with Crippen LogP contribution in [-0.4, -0.2) is 19.4 Å². The Morgan fingerprint density at radius 3 is 2.21 bits per heavy atom. The predicted octanol–water partition coefficient (Wildman–Crippen LogP) is 4.77. The minimum absolute atomic E-state index is 0.0370. The number of aryl methyl sites for hydroxylation is 1. The van der Waals surface area contributed by atoms with Gasteiger partial charge in [0.05, 0.1) is 4.90 Å². The van der Waals surface area contributed by atoms with Gasteiger partial charge in [0.2, 0.25) is 0 Å². The Bertz CT molecular complexity index is 1150. The van der Waals surface area contributed by atoms with Gasteiger partial charge in [0.1, 0.15) is 0 Å². The van der Waals surface area contributed by atoms with E-state index in [1.54, 1.807) is 24.3 Å². The van der Waals surface area contributed by atoms with Crippen molar-refractivity contribution in [3.8, 4) is 0 Å². The number of hydrogen-bond donors (Lipinski definition) is 2. The van der Waals surface area contributed by atoms with E-state index in [4.69, 9.17) is 23.8 Å². The van der Waals surface area contributed by atoms with E-state index in [1.165, 1.54) is 24.3 Å². The highest BCUT2D eigenvalue weighted by atomic mass is 35.5. The van der Waals surface area contributed by atoms with E-state index in [9.17, 15) is 8.42 Å². The van der Waals surface area contributed by atoms with Crippen molar-refractivity contribution in [3.05, 3.63) is 95.0 Å². The lowest BCUT2D eigenvalue weighted by Gasteiger charge is -2.14. The molecular weight excluding hydrogens is 426 g/mol. The summed E-state index contributed by atoms with van der Waals surface area (Å²) in [6, 6.07) is 22.4. The van der Waals surface area contributed by atoms with Gasteiger partial charge >= 0.3 is 0 Å². The van der Waals surface area contributed by atoms with Crippen LogP contribution in [0.1, 0.15) is 11.1 Å². The van der Waals surface area contributed by atoms with Gasteiger partial charge < -0.3 is 10.6 Å². The van der Waals surface area contributed by atoms with Gasteiger partial charge in [-0.3, -0.25) is 0 Å². The molecule has 29 heavy (non-hydrogen) atoms. The zero-order chi connectivity index (χ0) is 20.9. The third kappa shape index (κ3) is 5.63. The molecule has 5 nitrogen and oxygen atoms in total. The van der Waals surface area contributed by atoms with Gasteiger partial charge in [-0.2, -0.15) is 8.42 Å². The first kappa shape index (κ1) is 21.0. The highest BCUT2D eigenvalue weighted by molar-refractivity contribution is 7.90. The van der Waals surface area contributed by atoms with Gasteiger partial charge in [-0.05, 0) is 55.0 Å². The number of anilines is 1. The standard InChI is InChI=1S/C21H18ClN3O2S2/c1-15-7-5-6-10-19(15)23-21(28)24-20(16-8-3-2-4-9-16)25-29(26,27)18-13-11-17(22)12-14-18/h2-14H,1H3,(H2,23,24,25,28). The molecule has 148 valence electrons. The van der Waals surface area contributed by atoms with Crippen LogP contribution >= 0.6 is 23.8 Å². The largest absolute Gasteiger partial charge is 0.332 e. The molecule has 0 amide bonds. The van der Waals surface area contributed by atoms with E-state index < -0.39 is 10.0 Å². The number of para-hydroxylation sites is 1. The molecule has 0 saturated heterocycles. The average Bonchev–Trinajstić information content (AvgIpc) is 2.70. The van der Waals surface area contributed by atoms with Crippen LogP contribution in [0.4, 0.5) is 5.69 Å². The normalized spacial score (nSPS) is 11.7. The van der Waals surface area contributed by atoms with Gasteiger partial charge in [-0.15, -0.1) is 4.40 Å². The second-order valence-electron chi connectivity index (χ2n) is 6.13. The number of rotatable bonds is 4. The fraction of sp³-hybridized carbons (Fsp3) is 0.0476. The maximum absolute atomic E-state index is 12.8. The number of nitrogens with one attached hydrogen (secondary N) is 2. The molecule has 8 heteroatoms. The Balaban J connectivity index is 1.93. The van der Waals surface area contributed by atoms with E-state index in [2.05, 4.69) is 15.0 Å². The summed E-state index contributed by atoms with van der Waals surface area (Å²) < 4.78 is 29.6. The van der Waals surface area contributed by atoms with Crippen molar-refractivity contribution >= 4 is 50.5 Å². The molecule has 0 atom stereocenters. The van der Waals surface area contributed by atoms with Crippen LogP contribution in [-0.2, 0) is 10.0 Å². The Morgan fingerprint density at radius 2 is 1.55 bits per heavy atom. The van der Waals surface area contributed by atoms with Crippen molar-refractivity contribution in [2.24, 2.45) is 4.40 Å². The van der Waals surface area contributed by atoms with E-state index in [1.807, 2.05) is 37.3 Å². The summed E-state index contributed by atoms with van der Waals surface area (Å²) in [5, 5.41) is 6.65. The monoisotopic (exact) mass is 443 g/mol. The molecule has 0 saturated carbocycles. The second-order valence-corrected chi connectivity index (χ2v) is 8.58. The van der Waals surface area contributed by atoms with Crippen molar-refractivity contribution < 1.29 is 8.42 Å². The number of benzene rings is 3. The Morgan fingerprint density at radius 1 is 0.931 bits per heavy atom. The lowest BCUT2D eigenvalue weighted by atomic mass is 10.2. The van der Waals surface area contributed by atoms with Crippen LogP contribution < -0.4 is 10.6 Å². The second kappa shape index (κ2) is 9.17. The van der Waals surface area contributed by atoms with Crippen LogP contribution in [0.3, 0.4) is 0 Å². The van der Waals surface area contributed by atoms with Gasteiger partial charge in [0.25, 0.3) is 10.0 Å². The minimum Gasteiger partial charge on any atom is -0.332 e. The summed E-state index contributed by atoms with van der Waals surface area (Å²) in [4.78, 5) is 0.0370. The molecule has 0 aliphatic carbocycles. The van der Waals surface area contributed by atoms with Crippen molar-refractivity contribution in [1.82, 2.24) is 5.32 Å². The first-order chi connectivity index (χ1) is 13.8. The quantitative estimate of drug-likeness (QED) is 0.345. The summed E-state index contributed by atoms with van der Waals surface area (Å²) in [6.07, 6.45) is 0. The zero-order valence-electron chi connectivity index (χ0n) is 15.5. The third-order valence-electron chi connectivity index (χ3n) is 4.00. The number of hydrogen-bond acceptors (Lipinski definition) is 3. The fourth-order valence-corrected chi connectivity index (χ4v) is 3.81. The van der Waals surface area contributed by atoms with Crippen LogP contribution in [0.15, 0.2) is 88.2 Å². The van der Waals surface area contributed by atoms with Crippen molar-refractivity contribution in [3.63, 3.8) is 0 Å². The van der Waals surface area contributed by atoms with E-state index >= 15 is 0 Å². The zero-order valence-corrected chi connectivity index (χ0v) is 17.9. The third-order valence-corrected chi connectivity index (χ3v) is 5.74. The Hall–Kier alpha value is -2.74. The minimum atomic E-state index is -3.97. The number of sulfonamides is 1. The van der Waals surface area contributed by atoms with Crippen molar-refractivity contribution in [2.45, 2.75) is 11.8 Å². The molecule has 3 aromatic rings. The van der Waals surface area contributed by atoms with Gasteiger partial charge in [0.15, 0.2) is 10.9 Å². The molecule has 2 N–H and O–H groups in total. The molecule has 0 fully saturated rings. The van der Waals surface area contributed by atoms with Gasteiger partial charge in [-0.25, -0.2) is 0 Å². The lowest BCUT2D eigenvalue weighted by molar-refractivity contribution is 0.598. The van der Waals surface area contributed by atoms with Crippen molar-refractivity contribution in [1.29, 1.82) is 0 Å². The highest BCUT2D eigenvalue weighted by Gasteiger charge is 2.16. The Labute approximate surface area is 180 Å². The first-order valence-corrected chi connectivity index (χ1v) is 10.9. The molecule has 0 aliphatic rings. The van der Waals surface area contributed by atoms with Gasteiger partial charge in [-0.1, -0.05) is 60.1 Å². The molecular formula is C21H18ClN3O2S2. The smallest absolute Gasteiger partial charge is 0.284 e. The molecule has 3 aromatic carbocycles. The highest BCUT2D eigenvalue weighted by Crippen LogP contribution is 2.17. The number of amidine groups is 1. The molecule has 0 radical (unpaired) electrons. The molecule has 0 spiro atoms. The van der Waals surface area contributed by atoms with Crippen LogP contribution in [0.2, 0.25) is 5.02 Å². The molecule has 3 rings (SSSR count). The maximum atomic E-state index is 12.8.